The predicted octanol–water partition coefficient (Wildman–Crippen LogP) is 0.586. The van der Waals surface area contributed by atoms with Crippen molar-refractivity contribution in [2.24, 2.45) is 0 Å². The van der Waals surface area contributed by atoms with Gasteiger partial charge in [-0.15, -0.1) is 0 Å². The highest BCUT2D eigenvalue weighted by Crippen LogP contribution is 2.21. The Kier molecular flexibility index (Phi) is 4.58. The molecule has 1 heterocycles. The number of rotatable bonds is 5. The van der Waals surface area contributed by atoms with Gasteiger partial charge in [-0.05, 0) is 18.5 Å². The Hall–Kier alpha value is -1.96. The molecule has 1 aromatic rings. The molecule has 8 nitrogen and oxygen atoms in total. The van der Waals surface area contributed by atoms with Gasteiger partial charge in [0.05, 0.1) is 11.5 Å². The first kappa shape index (κ1) is 13.1. The summed E-state index contributed by atoms with van der Waals surface area (Å²) < 4.78 is 0. The van der Waals surface area contributed by atoms with Gasteiger partial charge >= 0.3 is 5.69 Å². The Bertz CT molecular complexity index is 439. The molecule has 9 heteroatoms. The predicted molar refractivity (Wildman–Crippen MR) is 60.9 cm³/mol. The lowest BCUT2D eigenvalue weighted by molar-refractivity contribution is -0.384. The van der Waals surface area contributed by atoms with Gasteiger partial charge in [0.15, 0.2) is 0 Å². The summed E-state index contributed by atoms with van der Waals surface area (Å²) in [6, 6.07) is 0. The zero-order valence-corrected chi connectivity index (χ0v) is 9.69. The van der Waals surface area contributed by atoms with Gasteiger partial charge in [0.25, 0.3) is 0 Å². The zero-order valence-electron chi connectivity index (χ0n) is 8.94. The number of amides is 1. The first-order chi connectivity index (χ1) is 8.04. The van der Waals surface area contributed by atoms with E-state index in [1.807, 2.05) is 0 Å². The van der Waals surface area contributed by atoms with Gasteiger partial charge in [-0.2, -0.15) is 4.98 Å². The minimum absolute atomic E-state index is 0.0822. The third-order valence-electron chi connectivity index (χ3n) is 1.73. The highest BCUT2D eigenvalue weighted by Gasteiger charge is 2.17. The molecule has 1 rings (SSSR count). The maximum Gasteiger partial charge on any atom is 0.329 e. The molecule has 0 bridgehead atoms. The van der Waals surface area contributed by atoms with Crippen LogP contribution in [0.4, 0.5) is 11.5 Å². The van der Waals surface area contributed by atoms with E-state index in [0.29, 0.717) is 6.54 Å². The SMILES string of the molecule is CCNC(=O)CNc1nc(Cl)ncc1[N+](=O)[O-]. The van der Waals surface area contributed by atoms with Crippen molar-refractivity contribution in [3.63, 3.8) is 0 Å². The number of hydrogen-bond donors (Lipinski definition) is 2. The van der Waals surface area contributed by atoms with E-state index in [1.54, 1.807) is 6.92 Å². The second-order valence-corrected chi connectivity index (χ2v) is 3.28. The number of nitrogens with one attached hydrogen (secondary N) is 2. The van der Waals surface area contributed by atoms with Crippen LogP contribution in [0.25, 0.3) is 0 Å². The second kappa shape index (κ2) is 5.94. The normalized spacial score (nSPS) is 9.76. The molecule has 0 spiro atoms. The average molecular weight is 260 g/mol. The van der Waals surface area contributed by atoms with Crippen LogP contribution in [0.1, 0.15) is 6.92 Å². The number of likely N-dealkylation sites (N-methyl/N-ethyl adjacent to an activating group) is 1. The van der Waals surface area contributed by atoms with Crippen LogP contribution in [0, 0.1) is 10.1 Å². The lowest BCUT2D eigenvalue weighted by Gasteiger charge is -2.05. The summed E-state index contributed by atoms with van der Waals surface area (Å²) in [6.07, 6.45) is 0.982. The van der Waals surface area contributed by atoms with Gasteiger partial charge in [-0.3, -0.25) is 14.9 Å². The molecule has 2 N–H and O–H groups in total. The largest absolute Gasteiger partial charge is 0.355 e. The summed E-state index contributed by atoms with van der Waals surface area (Å²) in [5.74, 6) is -0.377. The van der Waals surface area contributed by atoms with E-state index in [4.69, 9.17) is 11.6 Å². The van der Waals surface area contributed by atoms with E-state index in [0.717, 1.165) is 6.20 Å². The van der Waals surface area contributed by atoms with Gasteiger partial charge in [-0.25, -0.2) is 4.98 Å². The molecular formula is C8H10ClN5O3. The quantitative estimate of drug-likeness (QED) is 0.455. The lowest BCUT2D eigenvalue weighted by Crippen LogP contribution is -2.29. The average Bonchev–Trinajstić information content (AvgIpc) is 2.26. The number of nitrogens with zero attached hydrogens (tertiary/aromatic N) is 3. The molecule has 0 aromatic carbocycles. The number of nitro groups is 1. The summed E-state index contributed by atoms with van der Waals surface area (Å²) in [5, 5.41) is 15.6. The monoisotopic (exact) mass is 259 g/mol. The van der Waals surface area contributed by atoms with E-state index in [2.05, 4.69) is 20.6 Å². The molecule has 1 aromatic heterocycles. The van der Waals surface area contributed by atoms with Gasteiger partial charge < -0.3 is 10.6 Å². The van der Waals surface area contributed by atoms with Crippen LogP contribution in [-0.2, 0) is 4.79 Å². The Morgan fingerprint density at radius 1 is 1.65 bits per heavy atom. The minimum Gasteiger partial charge on any atom is -0.355 e. The van der Waals surface area contributed by atoms with Crippen molar-refractivity contribution in [3.8, 4) is 0 Å². The molecule has 0 aliphatic carbocycles. The molecule has 0 fully saturated rings. The fourth-order valence-electron chi connectivity index (χ4n) is 1.04. The standard InChI is InChI=1S/C8H10ClN5O3/c1-2-10-6(15)4-11-7-5(14(16)17)3-12-8(9)13-7/h3H,2,4H2,1H3,(H,10,15)(H,11,12,13). The fourth-order valence-corrected chi connectivity index (χ4v) is 1.17. The molecule has 17 heavy (non-hydrogen) atoms. The van der Waals surface area contributed by atoms with Crippen molar-refractivity contribution >= 4 is 29.0 Å². The van der Waals surface area contributed by atoms with Crippen LogP contribution in [0.5, 0.6) is 0 Å². The number of halogens is 1. The first-order valence-electron chi connectivity index (χ1n) is 4.72. The molecule has 0 atom stereocenters. The Morgan fingerprint density at radius 3 is 2.94 bits per heavy atom. The molecule has 0 aliphatic rings. The van der Waals surface area contributed by atoms with E-state index in [9.17, 15) is 14.9 Å². The molecule has 0 saturated heterocycles. The summed E-state index contributed by atoms with van der Waals surface area (Å²) in [4.78, 5) is 28.3. The number of hydrogen-bond acceptors (Lipinski definition) is 6. The molecular weight excluding hydrogens is 250 g/mol. The van der Waals surface area contributed by atoms with Gasteiger partial charge in [0.2, 0.25) is 17.0 Å². The van der Waals surface area contributed by atoms with Crippen LogP contribution in [0.2, 0.25) is 5.28 Å². The third kappa shape index (κ3) is 3.83. The second-order valence-electron chi connectivity index (χ2n) is 2.94. The van der Waals surface area contributed by atoms with Crippen molar-refractivity contribution in [2.45, 2.75) is 6.92 Å². The molecule has 0 unspecified atom stereocenters. The Labute approximate surface area is 102 Å². The highest BCUT2D eigenvalue weighted by molar-refractivity contribution is 6.28. The van der Waals surface area contributed by atoms with Gasteiger partial charge in [-0.1, -0.05) is 0 Å². The molecule has 1 amide bonds. The van der Waals surface area contributed by atoms with Crippen molar-refractivity contribution in [1.82, 2.24) is 15.3 Å². The topological polar surface area (TPSA) is 110 Å². The molecule has 0 saturated carbocycles. The molecule has 0 radical (unpaired) electrons. The molecule has 92 valence electrons. The summed E-state index contributed by atoms with van der Waals surface area (Å²) >= 11 is 5.51. The van der Waals surface area contributed by atoms with E-state index in [1.165, 1.54) is 0 Å². The molecule has 0 aliphatic heterocycles. The van der Waals surface area contributed by atoms with Crippen LogP contribution in [0.3, 0.4) is 0 Å². The highest BCUT2D eigenvalue weighted by atomic mass is 35.5. The first-order valence-corrected chi connectivity index (χ1v) is 5.10. The van der Waals surface area contributed by atoms with Gasteiger partial charge in [0, 0.05) is 6.54 Å². The van der Waals surface area contributed by atoms with Crippen LogP contribution in [0.15, 0.2) is 6.20 Å². The van der Waals surface area contributed by atoms with Crippen LogP contribution < -0.4 is 10.6 Å². The van der Waals surface area contributed by atoms with Crippen LogP contribution >= 0.6 is 11.6 Å². The van der Waals surface area contributed by atoms with Crippen molar-refractivity contribution in [1.29, 1.82) is 0 Å². The number of aromatic nitrogens is 2. The zero-order chi connectivity index (χ0) is 12.8. The Morgan fingerprint density at radius 2 is 2.35 bits per heavy atom. The minimum atomic E-state index is -0.656. The summed E-state index contributed by atoms with van der Waals surface area (Å²) in [6.45, 7) is 2.12. The number of carbonyl (C=O) groups is 1. The maximum atomic E-state index is 11.2. The van der Waals surface area contributed by atoms with Gasteiger partial charge in [0.1, 0.15) is 6.20 Å². The van der Waals surface area contributed by atoms with Crippen molar-refractivity contribution in [3.05, 3.63) is 21.6 Å². The summed E-state index contributed by atoms with van der Waals surface area (Å²) in [5.41, 5.74) is -0.335. The fraction of sp³-hybridized carbons (Fsp3) is 0.375. The Balaban J connectivity index is 2.78. The number of anilines is 1. The van der Waals surface area contributed by atoms with Crippen LogP contribution in [-0.4, -0.2) is 33.9 Å². The number of carbonyl (C=O) groups excluding carboxylic acids is 1. The van der Waals surface area contributed by atoms with E-state index < -0.39 is 4.92 Å². The van der Waals surface area contributed by atoms with Crippen molar-refractivity contribution < 1.29 is 9.72 Å². The summed E-state index contributed by atoms with van der Waals surface area (Å²) in [7, 11) is 0. The maximum absolute atomic E-state index is 11.2. The third-order valence-corrected chi connectivity index (χ3v) is 1.91. The van der Waals surface area contributed by atoms with E-state index >= 15 is 0 Å². The lowest BCUT2D eigenvalue weighted by atomic mass is 10.4. The smallest absolute Gasteiger partial charge is 0.329 e. The van der Waals surface area contributed by atoms with Crippen molar-refractivity contribution in [2.75, 3.05) is 18.4 Å². The van der Waals surface area contributed by atoms with E-state index in [-0.39, 0.29) is 29.2 Å².